The van der Waals surface area contributed by atoms with Crippen LogP contribution in [0.25, 0.3) is 0 Å². The van der Waals surface area contributed by atoms with E-state index in [1.54, 1.807) is 12.1 Å². The molecule has 2 N–H and O–H groups in total. The van der Waals surface area contributed by atoms with Crippen LogP contribution in [-0.4, -0.2) is 69.4 Å². The van der Waals surface area contributed by atoms with Gasteiger partial charge < -0.3 is 25.0 Å². The predicted molar refractivity (Wildman–Crippen MR) is 107 cm³/mol. The first-order valence-electron chi connectivity index (χ1n) is 9.65. The number of likely N-dealkylation sites (N-methyl/N-ethyl adjacent to an activating group) is 1. The highest BCUT2D eigenvalue weighted by Gasteiger charge is 2.34. The summed E-state index contributed by atoms with van der Waals surface area (Å²) < 4.78 is 24.6. The highest BCUT2D eigenvalue weighted by atomic mass is 19.1. The summed E-state index contributed by atoms with van der Waals surface area (Å²) in [6.45, 7) is 7.59. The molecule has 0 radical (unpaired) electrons. The van der Waals surface area contributed by atoms with E-state index in [1.165, 1.54) is 12.1 Å². The average Bonchev–Trinajstić information content (AvgIpc) is 2.64. The maximum atomic E-state index is 13.3. The van der Waals surface area contributed by atoms with Crippen molar-refractivity contribution in [1.82, 2.24) is 15.5 Å². The summed E-state index contributed by atoms with van der Waals surface area (Å²) in [4.78, 5) is 7.07. The number of nitrogens with one attached hydrogen (secondary N) is 2. The zero-order chi connectivity index (χ0) is 19.7. The minimum absolute atomic E-state index is 0.0320. The van der Waals surface area contributed by atoms with Gasteiger partial charge in [0.05, 0.1) is 13.1 Å². The number of hydrogen-bond donors (Lipinski definition) is 2. The molecular weight excluding hydrogens is 347 g/mol. The van der Waals surface area contributed by atoms with Crippen molar-refractivity contribution in [2.45, 2.75) is 38.3 Å². The van der Waals surface area contributed by atoms with Gasteiger partial charge in [0.15, 0.2) is 5.96 Å². The Bertz CT molecular complexity index is 603. The number of hydrogen-bond acceptors (Lipinski definition) is 4. The second kappa shape index (κ2) is 10.5. The first-order valence-corrected chi connectivity index (χ1v) is 9.65. The third kappa shape index (κ3) is 6.66. The molecule has 7 heteroatoms. The fourth-order valence-electron chi connectivity index (χ4n) is 3.12. The summed E-state index contributed by atoms with van der Waals surface area (Å²) in [6, 6.07) is 6.19. The minimum Gasteiger partial charge on any atom is -0.489 e. The maximum Gasteiger partial charge on any atom is 0.191 e. The van der Waals surface area contributed by atoms with Crippen molar-refractivity contribution in [2.75, 3.05) is 46.9 Å². The second-order valence-corrected chi connectivity index (χ2v) is 7.19. The van der Waals surface area contributed by atoms with Crippen LogP contribution < -0.4 is 15.4 Å². The molecule has 27 heavy (non-hydrogen) atoms. The number of halogens is 1. The van der Waals surface area contributed by atoms with Gasteiger partial charge in [-0.1, -0.05) is 6.07 Å². The maximum absolute atomic E-state index is 13.3. The molecule has 6 nitrogen and oxygen atoms in total. The van der Waals surface area contributed by atoms with Crippen molar-refractivity contribution in [3.05, 3.63) is 30.1 Å². The molecule has 1 saturated heterocycles. The lowest BCUT2D eigenvalue weighted by Gasteiger charge is -2.41. The fourth-order valence-corrected chi connectivity index (χ4v) is 3.12. The topological polar surface area (TPSA) is 58.1 Å². The van der Waals surface area contributed by atoms with Gasteiger partial charge in [-0.25, -0.2) is 4.39 Å². The van der Waals surface area contributed by atoms with Gasteiger partial charge >= 0.3 is 0 Å². The van der Waals surface area contributed by atoms with E-state index >= 15 is 0 Å². The van der Waals surface area contributed by atoms with Crippen molar-refractivity contribution in [3.63, 3.8) is 0 Å². The monoisotopic (exact) mass is 380 g/mol. The Kier molecular flexibility index (Phi) is 8.31. The Morgan fingerprint density at radius 2 is 2.07 bits per heavy atom. The summed E-state index contributed by atoms with van der Waals surface area (Å²) in [6.07, 6.45) is 1.82. The number of rotatable bonds is 8. The molecular formula is C20H33FN4O2. The summed E-state index contributed by atoms with van der Waals surface area (Å²) in [5.41, 5.74) is 0.0320. The SMILES string of the molecule is CCNC(=NCC1(N(C)C)CCOCC1)NCC(C)Oc1cccc(F)c1. The molecule has 0 amide bonds. The lowest BCUT2D eigenvalue weighted by Crippen LogP contribution is -2.52. The fraction of sp³-hybridized carbons (Fsp3) is 0.650. The molecule has 0 aliphatic carbocycles. The van der Waals surface area contributed by atoms with E-state index in [2.05, 4.69) is 29.6 Å². The molecule has 1 aliphatic heterocycles. The molecule has 1 aromatic rings. The van der Waals surface area contributed by atoms with Crippen LogP contribution in [0.2, 0.25) is 0 Å². The number of guanidine groups is 1. The summed E-state index contributed by atoms with van der Waals surface area (Å²) in [5.74, 6) is 0.993. The van der Waals surface area contributed by atoms with E-state index in [-0.39, 0.29) is 17.5 Å². The van der Waals surface area contributed by atoms with E-state index in [0.717, 1.165) is 38.6 Å². The smallest absolute Gasteiger partial charge is 0.191 e. The average molecular weight is 381 g/mol. The van der Waals surface area contributed by atoms with Crippen molar-refractivity contribution >= 4 is 5.96 Å². The van der Waals surface area contributed by atoms with Crippen LogP contribution in [0.1, 0.15) is 26.7 Å². The van der Waals surface area contributed by atoms with Crippen LogP contribution >= 0.6 is 0 Å². The molecule has 0 aromatic heterocycles. The van der Waals surface area contributed by atoms with Gasteiger partial charge in [-0.05, 0) is 52.9 Å². The summed E-state index contributed by atoms with van der Waals surface area (Å²) in [7, 11) is 4.21. The first-order chi connectivity index (χ1) is 12.9. The van der Waals surface area contributed by atoms with Gasteiger partial charge in [0.2, 0.25) is 0 Å². The summed E-state index contributed by atoms with van der Waals surface area (Å²) in [5, 5.41) is 6.60. The molecule has 1 unspecified atom stereocenters. The zero-order valence-corrected chi connectivity index (χ0v) is 16.9. The predicted octanol–water partition coefficient (Wildman–Crippen LogP) is 2.26. The second-order valence-electron chi connectivity index (χ2n) is 7.19. The lowest BCUT2D eigenvalue weighted by atomic mass is 9.89. The van der Waals surface area contributed by atoms with E-state index in [9.17, 15) is 4.39 Å². The molecule has 152 valence electrons. The quantitative estimate of drug-likeness (QED) is 0.535. The van der Waals surface area contributed by atoms with E-state index in [0.29, 0.717) is 18.8 Å². The number of nitrogens with zero attached hydrogens (tertiary/aromatic N) is 2. The van der Waals surface area contributed by atoms with Gasteiger partial charge in [-0.2, -0.15) is 0 Å². The minimum atomic E-state index is -0.298. The first kappa shape index (κ1) is 21.4. The van der Waals surface area contributed by atoms with Crippen molar-refractivity contribution in [1.29, 1.82) is 0 Å². The van der Waals surface area contributed by atoms with Gasteiger partial charge in [0, 0.05) is 31.4 Å². The van der Waals surface area contributed by atoms with Gasteiger partial charge in [0.1, 0.15) is 17.7 Å². The van der Waals surface area contributed by atoms with Crippen LogP contribution in [-0.2, 0) is 4.74 Å². The Morgan fingerprint density at radius 1 is 1.33 bits per heavy atom. The summed E-state index contributed by atoms with van der Waals surface area (Å²) >= 11 is 0. The molecule has 0 spiro atoms. The third-order valence-corrected chi connectivity index (χ3v) is 4.94. The van der Waals surface area contributed by atoms with Crippen molar-refractivity contribution in [2.24, 2.45) is 4.99 Å². The Labute approximate surface area is 162 Å². The molecule has 1 aliphatic rings. The lowest BCUT2D eigenvalue weighted by molar-refractivity contribution is -0.00255. The van der Waals surface area contributed by atoms with Crippen LogP contribution in [0.15, 0.2) is 29.3 Å². The largest absolute Gasteiger partial charge is 0.489 e. The van der Waals surface area contributed by atoms with E-state index in [1.807, 2.05) is 13.8 Å². The molecule has 1 aromatic carbocycles. The molecule has 1 fully saturated rings. The number of ether oxygens (including phenoxy) is 2. The molecule has 1 atom stereocenters. The van der Waals surface area contributed by atoms with E-state index < -0.39 is 0 Å². The molecule has 2 rings (SSSR count). The Balaban J connectivity index is 1.92. The Morgan fingerprint density at radius 3 is 2.70 bits per heavy atom. The number of aliphatic imine (C=N–C) groups is 1. The highest BCUT2D eigenvalue weighted by molar-refractivity contribution is 5.79. The van der Waals surface area contributed by atoms with Crippen LogP contribution in [0.3, 0.4) is 0 Å². The van der Waals surface area contributed by atoms with Crippen molar-refractivity contribution in [3.8, 4) is 5.75 Å². The number of benzene rings is 1. The normalized spacial score (nSPS) is 18.2. The standard InChI is InChI=1S/C20H33FN4O2/c1-5-22-19(24-15-20(25(3)4)9-11-26-12-10-20)23-14-16(2)27-18-8-6-7-17(21)13-18/h6-8,13,16H,5,9-12,14-15H2,1-4H3,(H2,22,23,24). The van der Waals surface area contributed by atoms with Crippen LogP contribution in [0.4, 0.5) is 4.39 Å². The van der Waals surface area contributed by atoms with Crippen LogP contribution in [0, 0.1) is 5.82 Å². The van der Waals surface area contributed by atoms with Gasteiger partial charge in [-0.15, -0.1) is 0 Å². The molecule has 0 bridgehead atoms. The molecule has 1 heterocycles. The van der Waals surface area contributed by atoms with Crippen LogP contribution in [0.5, 0.6) is 5.75 Å². The molecule has 0 saturated carbocycles. The van der Waals surface area contributed by atoms with E-state index in [4.69, 9.17) is 14.5 Å². The van der Waals surface area contributed by atoms with Crippen molar-refractivity contribution < 1.29 is 13.9 Å². The Hall–Kier alpha value is -1.86. The zero-order valence-electron chi connectivity index (χ0n) is 16.9. The highest BCUT2D eigenvalue weighted by Crippen LogP contribution is 2.26. The third-order valence-electron chi connectivity index (χ3n) is 4.94. The van der Waals surface area contributed by atoms with Gasteiger partial charge in [0.25, 0.3) is 0 Å². The van der Waals surface area contributed by atoms with Gasteiger partial charge in [-0.3, -0.25) is 4.99 Å².